The van der Waals surface area contributed by atoms with Crippen LogP contribution < -0.4 is 5.19 Å². The summed E-state index contributed by atoms with van der Waals surface area (Å²) in [6, 6.07) is 11.0. The standard InChI is InChI=1S/C14H23NSi/c1-5-13(2)16(12-11-15(3)4)14-9-7-6-8-10-14/h6-13,16H,5H2,1-4H3. The summed E-state index contributed by atoms with van der Waals surface area (Å²) < 4.78 is 0. The first kappa shape index (κ1) is 13.0. The Morgan fingerprint density at radius 1 is 1.25 bits per heavy atom. The van der Waals surface area contributed by atoms with Crippen LogP contribution >= 0.6 is 0 Å². The molecule has 1 aromatic rings. The minimum atomic E-state index is -0.965. The zero-order valence-corrected chi connectivity index (χ0v) is 12.0. The Labute approximate surface area is 101 Å². The van der Waals surface area contributed by atoms with Gasteiger partial charge < -0.3 is 4.90 Å². The lowest BCUT2D eigenvalue weighted by Crippen LogP contribution is -2.32. The van der Waals surface area contributed by atoms with E-state index in [2.05, 4.69) is 75.1 Å². The lowest BCUT2D eigenvalue weighted by molar-refractivity contribution is 0.564. The average molecular weight is 233 g/mol. The highest BCUT2D eigenvalue weighted by molar-refractivity contribution is 6.78. The Balaban J connectivity index is 2.88. The lowest BCUT2D eigenvalue weighted by Gasteiger charge is -2.19. The maximum Gasteiger partial charge on any atom is 0.0985 e. The Morgan fingerprint density at radius 3 is 2.38 bits per heavy atom. The highest BCUT2D eigenvalue weighted by Gasteiger charge is 2.16. The Bertz CT molecular complexity index is 319. The van der Waals surface area contributed by atoms with E-state index < -0.39 is 8.80 Å². The van der Waals surface area contributed by atoms with E-state index in [-0.39, 0.29) is 0 Å². The van der Waals surface area contributed by atoms with Gasteiger partial charge in [-0.3, -0.25) is 0 Å². The number of hydrogen-bond donors (Lipinski definition) is 0. The lowest BCUT2D eigenvalue weighted by atomic mass is 10.4. The van der Waals surface area contributed by atoms with E-state index in [1.807, 2.05) is 0 Å². The van der Waals surface area contributed by atoms with Crippen molar-refractivity contribution in [1.82, 2.24) is 4.90 Å². The number of nitrogens with zero attached hydrogens (tertiary/aromatic N) is 1. The fourth-order valence-corrected chi connectivity index (χ4v) is 4.79. The normalized spacial score (nSPS) is 15.0. The molecule has 0 N–H and O–H groups in total. The fraction of sp³-hybridized carbons (Fsp3) is 0.429. The van der Waals surface area contributed by atoms with Gasteiger partial charge in [-0.25, -0.2) is 0 Å². The van der Waals surface area contributed by atoms with Gasteiger partial charge in [0, 0.05) is 14.1 Å². The first-order chi connectivity index (χ1) is 7.65. The molecule has 1 rings (SSSR count). The molecular weight excluding hydrogens is 210 g/mol. The molecule has 0 aliphatic carbocycles. The topological polar surface area (TPSA) is 3.24 Å². The zero-order chi connectivity index (χ0) is 12.0. The summed E-state index contributed by atoms with van der Waals surface area (Å²) in [7, 11) is 3.21. The zero-order valence-electron chi connectivity index (χ0n) is 10.9. The maximum absolute atomic E-state index is 2.45. The molecule has 2 atom stereocenters. The Kier molecular flexibility index (Phi) is 5.33. The third-order valence-corrected chi connectivity index (χ3v) is 6.47. The molecule has 0 amide bonds. The first-order valence-corrected chi connectivity index (χ1v) is 7.96. The van der Waals surface area contributed by atoms with E-state index >= 15 is 0 Å². The smallest absolute Gasteiger partial charge is 0.0985 e. The maximum atomic E-state index is 2.45. The molecule has 0 bridgehead atoms. The molecule has 0 spiro atoms. The Morgan fingerprint density at radius 2 is 1.88 bits per heavy atom. The molecule has 88 valence electrons. The van der Waals surface area contributed by atoms with Crippen molar-refractivity contribution in [3.05, 3.63) is 42.2 Å². The Hall–Kier alpha value is -1.02. The predicted octanol–water partition coefficient (Wildman–Crippen LogP) is 2.54. The molecule has 1 nitrogen and oxygen atoms in total. The van der Waals surface area contributed by atoms with Gasteiger partial charge in [-0.1, -0.05) is 61.5 Å². The molecule has 2 heteroatoms. The van der Waals surface area contributed by atoms with E-state index in [1.165, 1.54) is 6.42 Å². The van der Waals surface area contributed by atoms with Crippen LogP contribution in [0.2, 0.25) is 5.54 Å². The van der Waals surface area contributed by atoms with E-state index in [1.54, 1.807) is 5.19 Å². The quantitative estimate of drug-likeness (QED) is 0.707. The van der Waals surface area contributed by atoms with Gasteiger partial charge in [0.15, 0.2) is 0 Å². The molecular formula is C14H23NSi. The molecule has 2 unspecified atom stereocenters. The van der Waals surface area contributed by atoms with Crippen LogP contribution in [0.3, 0.4) is 0 Å². The van der Waals surface area contributed by atoms with Crippen LogP contribution in [-0.4, -0.2) is 27.8 Å². The van der Waals surface area contributed by atoms with Crippen molar-refractivity contribution >= 4 is 14.0 Å². The molecule has 0 fully saturated rings. The van der Waals surface area contributed by atoms with E-state index in [4.69, 9.17) is 0 Å². The van der Waals surface area contributed by atoms with Crippen LogP contribution in [0.1, 0.15) is 20.3 Å². The van der Waals surface area contributed by atoms with Crippen molar-refractivity contribution in [2.75, 3.05) is 14.1 Å². The molecule has 0 saturated heterocycles. The van der Waals surface area contributed by atoms with Gasteiger partial charge in [0.2, 0.25) is 0 Å². The molecule has 16 heavy (non-hydrogen) atoms. The van der Waals surface area contributed by atoms with Crippen molar-refractivity contribution in [2.45, 2.75) is 25.8 Å². The summed E-state index contributed by atoms with van der Waals surface area (Å²) in [5, 5.41) is 1.55. The van der Waals surface area contributed by atoms with Crippen LogP contribution in [0.4, 0.5) is 0 Å². The second-order valence-corrected chi connectivity index (χ2v) is 7.87. The highest BCUT2D eigenvalue weighted by atomic mass is 28.3. The number of hydrogen-bond acceptors (Lipinski definition) is 1. The summed E-state index contributed by atoms with van der Waals surface area (Å²) in [6.07, 6.45) is 3.49. The van der Waals surface area contributed by atoms with Crippen LogP contribution in [0.5, 0.6) is 0 Å². The van der Waals surface area contributed by atoms with Gasteiger partial charge in [0.25, 0.3) is 0 Å². The van der Waals surface area contributed by atoms with Crippen molar-refractivity contribution in [3.8, 4) is 0 Å². The predicted molar refractivity (Wildman–Crippen MR) is 75.8 cm³/mol. The van der Waals surface area contributed by atoms with Gasteiger partial charge in [0.05, 0.1) is 8.80 Å². The molecule has 0 heterocycles. The van der Waals surface area contributed by atoms with Crippen molar-refractivity contribution in [1.29, 1.82) is 0 Å². The SMILES string of the molecule is CCC(C)[SiH](C=CN(C)C)c1ccccc1. The van der Waals surface area contributed by atoms with Gasteiger partial charge >= 0.3 is 0 Å². The highest BCUT2D eigenvalue weighted by Crippen LogP contribution is 2.14. The van der Waals surface area contributed by atoms with Gasteiger partial charge in [-0.15, -0.1) is 0 Å². The second kappa shape index (κ2) is 6.54. The van der Waals surface area contributed by atoms with E-state index in [0.29, 0.717) is 0 Å². The number of rotatable bonds is 5. The first-order valence-electron chi connectivity index (χ1n) is 6.04. The number of benzene rings is 1. The van der Waals surface area contributed by atoms with Crippen LogP contribution in [0.25, 0.3) is 0 Å². The monoisotopic (exact) mass is 233 g/mol. The summed E-state index contributed by atoms with van der Waals surface area (Å²) in [5.74, 6) is 0. The molecule has 0 radical (unpaired) electrons. The second-order valence-electron chi connectivity index (χ2n) is 4.63. The van der Waals surface area contributed by atoms with Crippen LogP contribution in [0.15, 0.2) is 42.2 Å². The third-order valence-electron chi connectivity index (χ3n) is 3.03. The summed E-state index contributed by atoms with van der Waals surface area (Å²) in [4.78, 5) is 2.13. The molecule has 1 aromatic carbocycles. The fourth-order valence-electron chi connectivity index (χ4n) is 1.82. The minimum absolute atomic E-state index is 0.818. The van der Waals surface area contributed by atoms with Crippen molar-refractivity contribution in [2.24, 2.45) is 0 Å². The molecule has 0 saturated carbocycles. The van der Waals surface area contributed by atoms with Crippen molar-refractivity contribution < 1.29 is 0 Å². The average Bonchev–Trinajstić information content (AvgIpc) is 2.30. The van der Waals surface area contributed by atoms with Gasteiger partial charge in [-0.05, 0) is 11.7 Å². The molecule has 0 aliphatic heterocycles. The van der Waals surface area contributed by atoms with E-state index in [0.717, 1.165) is 5.54 Å². The van der Waals surface area contributed by atoms with Crippen molar-refractivity contribution in [3.63, 3.8) is 0 Å². The van der Waals surface area contributed by atoms with Crippen LogP contribution in [-0.2, 0) is 0 Å². The molecule has 0 aliphatic rings. The van der Waals surface area contributed by atoms with Crippen LogP contribution in [0, 0.1) is 0 Å². The van der Waals surface area contributed by atoms with Gasteiger partial charge in [-0.2, -0.15) is 0 Å². The van der Waals surface area contributed by atoms with E-state index in [9.17, 15) is 0 Å². The largest absolute Gasteiger partial charge is 0.384 e. The third kappa shape index (κ3) is 3.85. The summed E-state index contributed by atoms with van der Waals surface area (Å²) >= 11 is 0. The van der Waals surface area contributed by atoms with Gasteiger partial charge in [0.1, 0.15) is 0 Å². The molecule has 0 aromatic heterocycles. The summed E-state index contributed by atoms with van der Waals surface area (Å²) in [5.41, 5.74) is 3.27. The minimum Gasteiger partial charge on any atom is -0.384 e. The summed E-state index contributed by atoms with van der Waals surface area (Å²) in [6.45, 7) is 4.67.